The zero-order valence-electron chi connectivity index (χ0n) is 9.41. The number of carbonyl (C=O) groups is 3. The van der Waals surface area contributed by atoms with E-state index in [9.17, 15) is 14.4 Å². The Morgan fingerprint density at radius 1 is 1.13 bits per heavy atom. The molecule has 0 atom stereocenters. The highest BCUT2D eigenvalue weighted by Gasteiger charge is 2.12. The van der Waals surface area contributed by atoms with Gasteiger partial charge < -0.3 is 9.64 Å². The van der Waals surface area contributed by atoms with Crippen molar-refractivity contribution >= 4 is 17.7 Å². The molecule has 0 unspecified atom stereocenters. The molecule has 0 aliphatic rings. The van der Waals surface area contributed by atoms with Gasteiger partial charge in [-0.15, -0.1) is 0 Å². The lowest BCUT2D eigenvalue weighted by Gasteiger charge is -2.08. The van der Waals surface area contributed by atoms with Crippen LogP contribution in [0.4, 0.5) is 0 Å². The van der Waals surface area contributed by atoms with Crippen molar-refractivity contribution in [2.24, 2.45) is 0 Å². The van der Waals surface area contributed by atoms with Gasteiger partial charge in [0.15, 0.2) is 0 Å². The van der Waals surface area contributed by atoms with Crippen molar-refractivity contribution in [3.05, 3.63) is 0 Å². The van der Waals surface area contributed by atoms with Gasteiger partial charge in [-0.3, -0.25) is 14.4 Å². The van der Waals surface area contributed by atoms with Crippen molar-refractivity contribution in [2.75, 3.05) is 20.7 Å². The van der Waals surface area contributed by atoms with Crippen LogP contribution < -0.4 is 0 Å². The second-order valence-corrected chi connectivity index (χ2v) is 3.31. The van der Waals surface area contributed by atoms with Crippen LogP contribution in [0.15, 0.2) is 0 Å². The molecular weight excluding hydrogens is 198 g/mol. The summed E-state index contributed by atoms with van der Waals surface area (Å²) in [6.07, 6.45) is -0.00435. The molecule has 0 spiro atoms. The number of amides is 1. The van der Waals surface area contributed by atoms with Gasteiger partial charge >= 0.3 is 5.97 Å². The first kappa shape index (κ1) is 13.6. The molecule has 0 N–H and O–H groups in total. The molecule has 0 fully saturated rings. The minimum atomic E-state index is -0.528. The Balaban J connectivity index is 3.75. The third-order valence-corrected chi connectivity index (χ3v) is 1.76. The first-order chi connectivity index (χ1) is 6.97. The molecule has 0 saturated heterocycles. The van der Waals surface area contributed by atoms with Crippen LogP contribution in [0.25, 0.3) is 0 Å². The summed E-state index contributed by atoms with van der Waals surface area (Å²) in [6, 6.07) is 0. The van der Waals surface area contributed by atoms with E-state index in [1.807, 2.05) is 0 Å². The summed E-state index contributed by atoms with van der Waals surface area (Å²) in [5.41, 5.74) is 0. The van der Waals surface area contributed by atoms with Gasteiger partial charge in [0.1, 0.15) is 12.2 Å². The maximum Gasteiger partial charge on any atom is 0.313 e. The van der Waals surface area contributed by atoms with Gasteiger partial charge in [-0.2, -0.15) is 0 Å². The van der Waals surface area contributed by atoms with Gasteiger partial charge in [-0.25, -0.2) is 0 Å². The number of hydrogen-bond acceptors (Lipinski definition) is 4. The largest absolute Gasteiger partial charge is 0.466 e. The lowest BCUT2D eigenvalue weighted by atomic mass is 10.1. The van der Waals surface area contributed by atoms with Gasteiger partial charge in [0.25, 0.3) is 0 Å². The molecular formula is C10H17NO4. The predicted octanol–water partition coefficient (Wildman–Crippen LogP) is 0.377. The Kier molecular flexibility index (Phi) is 6.33. The van der Waals surface area contributed by atoms with E-state index in [0.29, 0.717) is 0 Å². The molecule has 86 valence electrons. The van der Waals surface area contributed by atoms with Gasteiger partial charge in [-0.05, 0) is 6.92 Å². The summed E-state index contributed by atoms with van der Waals surface area (Å²) < 4.78 is 4.61. The highest BCUT2D eigenvalue weighted by molar-refractivity contribution is 5.96. The van der Waals surface area contributed by atoms with Crippen molar-refractivity contribution in [1.29, 1.82) is 0 Å². The lowest BCUT2D eigenvalue weighted by Crippen LogP contribution is -2.22. The van der Waals surface area contributed by atoms with Crippen molar-refractivity contribution < 1.29 is 19.1 Å². The Labute approximate surface area is 89.4 Å². The molecule has 0 aromatic heterocycles. The summed E-state index contributed by atoms with van der Waals surface area (Å²) in [7, 11) is 3.25. The lowest BCUT2D eigenvalue weighted by molar-refractivity contribution is -0.146. The predicted molar refractivity (Wildman–Crippen MR) is 54.2 cm³/mol. The molecule has 0 heterocycles. The van der Waals surface area contributed by atoms with E-state index in [0.717, 1.165) is 0 Å². The van der Waals surface area contributed by atoms with Crippen LogP contribution in [0.3, 0.4) is 0 Å². The first-order valence-corrected chi connectivity index (χ1v) is 4.84. The standard InChI is InChI=1S/C10H17NO4/c1-4-15-10(14)7-8(12)5-6-9(13)11(2)3/h4-7H2,1-3H3. The number of carbonyl (C=O) groups excluding carboxylic acids is 3. The third-order valence-electron chi connectivity index (χ3n) is 1.76. The number of hydrogen-bond donors (Lipinski definition) is 0. The maximum atomic E-state index is 11.2. The highest BCUT2D eigenvalue weighted by atomic mass is 16.5. The molecule has 15 heavy (non-hydrogen) atoms. The summed E-state index contributed by atoms with van der Waals surface area (Å²) in [4.78, 5) is 34.6. The SMILES string of the molecule is CCOC(=O)CC(=O)CCC(=O)N(C)C. The summed E-state index contributed by atoms with van der Waals surface area (Å²) in [5.74, 6) is -0.907. The second-order valence-electron chi connectivity index (χ2n) is 3.31. The third kappa shape index (κ3) is 6.65. The number of esters is 1. The van der Waals surface area contributed by atoms with Crippen molar-refractivity contribution in [3.63, 3.8) is 0 Å². The summed E-state index contributed by atoms with van der Waals surface area (Å²) in [6.45, 7) is 1.95. The number of Topliss-reactive ketones (excluding diaryl/α,β-unsaturated/α-hetero) is 1. The molecule has 0 aromatic carbocycles. The Hall–Kier alpha value is -1.39. The van der Waals surface area contributed by atoms with Crippen molar-refractivity contribution in [1.82, 2.24) is 4.90 Å². The average Bonchev–Trinajstić information content (AvgIpc) is 2.14. The smallest absolute Gasteiger partial charge is 0.313 e. The zero-order chi connectivity index (χ0) is 11.8. The Morgan fingerprint density at radius 3 is 2.20 bits per heavy atom. The molecule has 0 rings (SSSR count). The summed E-state index contributed by atoms with van der Waals surface area (Å²) >= 11 is 0. The van der Waals surface area contributed by atoms with Crippen LogP contribution >= 0.6 is 0 Å². The fourth-order valence-electron chi connectivity index (χ4n) is 0.931. The average molecular weight is 215 g/mol. The van der Waals surface area contributed by atoms with Gasteiger partial charge in [0, 0.05) is 26.9 Å². The molecule has 0 aliphatic carbocycles. The monoisotopic (exact) mass is 215 g/mol. The van der Waals surface area contributed by atoms with Crippen LogP contribution in [0, 0.1) is 0 Å². The normalized spacial score (nSPS) is 9.53. The molecule has 0 saturated carbocycles. The van der Waals surface area contributed by atoms with Gasteiger partial charge in [-0.1, -0.05) is 0 Å². The minimum absolute atomic E-state index is 0.0931. The first-order valence-electron chi connectivity index (χ1n) is 4.84. The van der Waals surface area contributed by atoms with Gasteiger partial charge in [0.2, 0.25) is 5.91 Å². The Morgan fingerprint density at radius 2 is 1.73 bits per heavy atom. The van der Waals surface area contributed by atoms with Crippen molar-refractivity contribution in [2.45, 2.75) is 26.2 Å². The fourth-order valence-corrected chi connectivity index (χ4v) is 0.931. The van der Waals surface area contributed by atoms with Gasteiger partial charge in [0.05, 0.1) is 6.61 Å². The molecule has 5 heteroatoms. The van der Waals surface area contributed by atoms with E-state index in [2.05, 4.69) is 4.74 Å². The van der Waals surface area contributed by atoms with Crippen LogP contribution in [-0.2, 0) is 19.1 Å². The molecule has 0 radical (unpaired) electrons. The van der Waals surface area contributed by atoms with Crippen molar-refractivity contribution in [3.8, 4) is 0 Å². The zero-order valence-corrected chi connectivity index (χ0v) is 9.41. The second kappa shape index (κ2) is 6.98. The van der Waals surface area contributed by atoms with E-state index < -0.39 is 5.97 Å². The molecule has 0 bridgehead atoms. The quantitative estimate of drug-likeness (QED) is 0.474. The summed E-state index contributed by atoms with van der Waals surface area (Å²) in [5, 5.41) is 0. The van der Waals surface area contributed by atoms with E-state index in [-0.39, 0.29) is 37.6 Å². The number of ketones is 1. The topological polar surface area (TPSA) is 63.7 Å². The number of rotatable bonds is 6. The molecule has 5 nitrogen and oxygen atoms in total. The molecule has 0 aliphatic heterocycles. The maximum absolute atomic E-state index is 11.2. The van der Waals surface area contributed by atoms with Crippen LogP contribution in [-0.4, -0.2) is 43.3 Å². The van der Waals surface area contributed by atoms with Crippen LogP contribution in [0.5, 0.6) is 0 Å². The van der Waals surface area contributed by atoms with E-state index in [4.69, 9.17) is 0 Å². The number of ether oxygens (including phenoxy) is 1. The molecule has 1 amide bonds. The van der Waals surface area contributed by atoms with E-state index in [1.165, 1.54) is 4.90 Å². The minimum Gasteiger partial charge on any atom is -0.466 e. The van der Waals surface area contributed by atoms with Crippen LogP contribution in [0.2, 0.25) is 0 Å². The number of nitrogens with zero attached hydrogens (tertiary/aromatic N) is 1. The van der Waals surface area contributed by atoms with E-state index >= 15 is 0 Å². The molecule has 0 aromatic rings. The fraction of sp³-hybridized carbons (Fsp3) is 0.700. The Bertz CT molecular complexity index is 248. The highest BCUT2D eigenvalue weighted by Crippen LogP contribution is 1.99. The van der Waals surface area contributed by atoms with E-state index in [1.54, 1.807) is 21.0 Å². The van der Waals surface area contributed by atoms with Crippen LogP contribution in [0.1, 0.15) is 26.2 Å².